The van der Waals surface area contributed by atoms with E-state index in [1.807, 2.05) is 0 Å². The maximum absolute atomic E-state index is 13.5. The average molecular weight is 425 g/mol. The first kappa shape index (κ1) is 20.4. The Labute approximate surface area is 175 Å². The Morgan fingerprint density at radius 2 is 1.81 bits per heavy atom. The van der Waals surface area contributed by atoms with Crippen molar-refractivity contribution < 1.29 is 28.0 Å². The molecule has 0 aliphatic carbocycles. The number of amides is 4. The summed E-state index contributed by atoms with van der Waals surface area (Å²) in [6.07, 6.45) is 0.0912. The van der Waals surface area contributed by atoms with Crippen LogP contribution < -0.4 is 10.6 Å². The van der Waals surface area contributed by atoms with Crippen molar-refractivity contribution >= 4 is 29.3 Å². The number of benzene rings is 2. The van der Waals surface area contributed by atoms with Gasteiger partial charge in [0.05, 0.1) is 11.1 Å². The molecule has 0 saturated carbocycles. The zero-order valence-electron chi connectivity index (χ0n) is 16.2. The van der Waals surface area contributed by atoms with E-state index in [1.54, 1.807) is 12.1 Å². The molecule has 4 rings (SSSR count). The number of carbonyl (C=O) groups is 4. The van der Waals surface area contributed by atoms with Gasteiger partial charge in [-0.15, -0.1) is 0 Å². The van der Waals surface area contributed by atoms with Crippen LogP contribution in [0.4, 0.5) is 8.78 Å². The van der Waals surface area contributed by atoms with E-state index in [0.717, 1.165) is 23.1 Å². The molecule has 2 aromatic carbocycles. The number of halogens is 2. The van der Waals surface area contributed by atoms with Crippen molar-refractivity contribution in [1.82, 2.24) is 15.5 Å². The second-order valence-corrected chi connectivity index (χ2v) is 7.28. The van der Waals surface area contributed by atoms with E-state index in [9.17, 15) is 28.0 Å². The van der Waals surface area contributed by atoms with Crippen LogP contribution >= 0.6 is 0 Å². The molecule has 0 bridgehead atoms. The van der Waals surface area contributed by atoms with E-state index < -0.39 is 41.3 Å². The van der Waals surface area contributed by atoms with Gasteiger partial charge < -0.3 is 5.32 Å². The van der Waals surface area contributed by atoms with E-state index in [1.165, 1.54) is 6.07 Å². The van der Waals surface area contributed by atoms with Gasteiger partial charge in [0.25, 0.3) is 11.8 Å². The molecule has 0 radical (unpaired) electrons. The van der Waals surface area contributed by atoms with Crippen LogP contribution in [0.5, 0.6) is 0 Å². The number of nitrogens with one attached hydrogen (secondary N) is 2. The minimum atomic E-state index is -1.06. The van der Waals surface area contributed by atoms with Gasteiger partial charge in [-0.3, -0.25) is 29.4 Å². The maximum Gasteiger partial charge on any atom is 0.262 e. The predicted molar refractivity (Wildman–Crippen MR) is 105 cm³/mol. The number of carbonyl (C=O) groups excluding carboxylic acids is 4. The molecule has 1 atom stereocenters. The molecule has 2 aliphatic rings. The summed E-state index contributed by atoms with van der Waals surface area (Å²) >= 11 is 0. The Bertz CT molecular complexity index is 1140. The van der Waals surface area contributed by atoms with Crippen LogP contribution in [0.25, 0.3) is 5.70 Å². The Morgan fingerprint density at radius 1 is 1.10 bits per heavy atom. The molecule has 2 N–H and O–H groups in total. The SMILES string of the molecule is C=C(NCc1cccc2c1C(=O)N(C1CCC(=O)NC1=O)C2=O)c1cc(F)cc(F)c1. The summed E-state index contributed by atoms with van der Waals surface area (Å²) < 4.78 is 26.9. The summed E-state index contributed by atoms with van der Waals surface area (Å²) in [6, 6.07) is 6.64. The number of piperidine rings is 1. The van der Waals surface area contributed by atoms with Crippen LogP contribution in [0.3, 0.4) is 0 Å². The van der Waals surface area contributed by atoms with Crippen LogP contribution in [0.15, 0.2) is 43.0 Å². The summed E-state index contributed by atoms with van der Waals surface area (Å²) in [6.45, 7) is 3.82. The predicted octanol–water partition coefficient (Wildman–Crippen LogP) is 2.13. The summed E-state index contributed by atoms with van der Waals surface area (Å²) in [4.78, 5) is 50.3. The molecular formula is C22H17F2N3O4. The Morgan fingerprint density at radius 3 is 2.48 bits per heavy atom. The van der Waals surface area contributed by atoms with Crippen molar-refractivity contribution in [3.05, 3.63) is 76.9 Å². The van der Waals surface area contributed by atoms with Crippen LogP contribution in [0, 0.1) is 11.6 Å². The lowest BCUT2D eigenvalue weighted by molar-refractivity contribution is -0.136. The number of imide groups is 2. The van der Waals surface area contributed by atoms with Crippen LogP contribution in [-0.4, -0.2) is 34.6 Å². The fraction of sp³-hybridized carbons (Fsp3) is 0.182. The second-order valence-electron chi connectivity index (χ2n) is 7.28. The van der Waals surface area contributed by atoms with Crippen molar-refractivity contribution in [3.8, 4) is 0 Å². The van der Waals surface area contributed by atoms with E-state index in [-0.39, 0.29) is 41.8 Å². The number of rotatable bonds is 5. The molecule has 9 heteroatoms. The van der Waals surface area contributed by atoms with E-state index in [0.29, 0.717) is 5.56 Å². The van der Waals surface area contributed by atoms with Gasteiger partial charge >= 0.3 is 0 Å². The van der Waals surface area contributed by atoms with Crippen molar-refractivity contribution in [3.63, 3.8) is 0 Å². The molecule has 1 fully saturated rings. The average Bonchev–Trinajstić information content (AvgIpc) is 2.97. The third kappa shape index (κ3) is 3.70. The van der Waals surface area contributed by atoms with Crippen molar-refractivity contribution in [2.45, 2.75) is 25.4 Å². The first-order valence-electron chi connectivity index (χ1n) is 9.49. The molecule has 7 nitrogen and oxygen atoms in total. The first-order chi connectivity index (χ1) is 14.8. The highest BCUT2D eigenvalue weighted by Crippen LogP contribution is 2.30. The second kappa shape index (κ2) is 7.75. The highest BCUT2D eigenvalue weighted by molar-refractivity contribution is 6.24. The minimum absolute atomic E-state index is 0.0300. The van der Waals surface area contributed by atoms with Gasteiger partial charge in [0, 0.05) is 30.3 Å². The molecule has 1 unspecified atom stereocenters. The quantitative estimate of drug-likeness (QED) is 0.716. The van der Waals surface area contributed by atoms with Crippen LogP contribution in [0.2, 0.25) is 0 Å². The summed E-state index contributed by atoms with van der Waals surface area (Å²) in [5.41, 5.74) is 1.19. The molecule has 1 saturated heterocycles. The Hall–Kier alpha value is -3.88. The van der Waals surface area contributed by atoms with Gasteiger partial charge in [0.15, 0.2) is 0 Å². The molecule has 2 aliphatic heterocycles. The lowest BCUT2D eigenvalue weighted by Gasteiger charge is -2.27. The zero-order chi connectivity index (χ0) is 22.3. The van der Waals surface area contributed by atoms with Gasteiger partial charge in [-0.05, 0) is 30.2 Å². The summed E-state index contributed by atoms with van der Waals surface area (Å²) in [7, 11) is 0. The molecular weight excluding hydrogens is 408 g/mol. The molecule has 4 amide bonds. The van der Waals surface area contributed by atoms with E-state index >= 15 is 0 Å². The van der Waals surface area contributed by atoms with Crippen molar-refractivity contribution in [1.29, 1.82) is 0 Å². The largest absolute Gasteiger partial charge is 0.381 e. The molecule has 0 spiro atoms. The van der Waals surface area contributed by atoms with E-state index in [4.69, 9.17) is 0 Å². The summed E-state index contributed by atoms with van der Waals surface area (Å²) in [5.74, 6) is -3.88. The third-order valence-corrected chi connectivity index (χ3v) is 5.26. The van der Waals surface area contributed by atoms with Gasteiger partial charge in [-0.25, -0.2) is 8.78 Å². The molecule has 158 valence electrons. The molecule has 2 aromatic rings. The number of fused-ring (bicyclic) bond motifs is 1. The van der Waals surface area contributed by atoms with Crippen molar-refractivity contribution in [2.75, 3.05) is 0 Å². The molecule has 0 aromatic heterocycles. The maximum atomic E-state index is 13.5. The van der Waals surface area contributed by atoms with Gasteiger partial charge in [0.1, 0.15) is 17.7 Å². The third-order valence-electron chi connectivity index (χ3n) is 5.26. The fourth-order valence-corrected chi connectivity index (χ4v) is 3.76. The van der Waals surface area contributed by atoms with Crippen molar-refractivity contribution in [2.24, 2.45) is 0 Å². The monoisotopic (exact) mass is 425 g/mol. The first-order valence-corrected chi connectivity index (χ1v) is 9.49. The van der Waals surface area contributed by atoms with Gasteiger partial charge in [-0.2, -0.15) is 0 Å². The van der Waals surface area contributed by atoms with E-state index in [2.05, 4.69) is 17.2 Å². The summed E-state index contributed by atoms with van der Waals surface area (Å²) in [5, 5.41) is 5.06. The molecule has 31 heavy (non-hydrogen) atoms. The number of nitrogens with zero attached hydrogens (tertiary/aromatic N) is 1. The normalized spacial score (nSPS) is 18.1. The standard InChI is InChI=1S/C22H17F2N3O4/c1-11(13-7-14(23)9-15(24)8-13)25-10-12-3-2-4-16-19(12)22(31)27(21(16)30)17-5-6-18(28)26-20(17)29/h2-4,7-9,17,25H,1,5-6,10H2,(H,26,28,29). The zero-order valence-corrected chi connectivity index (χ0v) is 16.2. The van der Waals surface area contributed by atoms with Gasteiger partial charge in [-0.1, -0.05) is 18.7 Å². The fourth-order valence-electron chi connectivity index (χ4n) is 3.76. The topological polar surface area (TPSA) is 95.6 Å². The highest BCUT2D eigenvalue weighted by atomic mass is 19.1. The number of hydrogen-bond donors (Lipinski definition) is 2. The van der Waals surface area contributed by atoms with Crippen LogP contribution in [-0.2, 0) is 16.1 Å². The van der Waals surface area contributed by atoms with Crippen LogP contribution in [0.1, 0.15) is 44.7 Å². The minimum Gasteiger partial charge on any atom is -0.381 e. The lowest BCUT2D eigenvalue weighted by atomic mass is 10.0. The smallest absolute Gasteiger partial charge is 0.262 e. The molecule has 2 heterocycles. The Kier molecular flexibility index (Phi) is 5.10. The highest BCUT2D eigenvalue weighted by Gasteiger charge is 2.45. The number of hydrogen-bond acceptors (Lipinski definition) is 5. The lowest BCUT2D eigenvalue weighted by Crippen LogP contribution is -2.54. The van der Waals surface area contributed by atoms with Gasteiger partial charge in [0.2, 0.25) is 11.8 Å². The Balaban J connectivity index is 1.57.